The fraction of sp³-hybridized carbons (Fsp3) is 0.227. The van der Waals surface area contributed by atoms with Crippen molar-refractivity contribution < 1.29 is 14.6 Å². The topological polar surface area (TPSA) is 87.0 Å². The first-order valence-corrected chi connectivity index (χ1v) is 9.07. The van der Waals surface area contributed by atoms with Gasteiger partial charge in [-0.2, -0.15) is 10.2 Å². The van der Waals surface area contributed by atoms with Crippen molar-refractivity contribution in [2.45, 2.75) is 32.8 Å². The van der Waals surface area contributed by atoms with Gasteiger partial charge in [-0.1, -0.05) is 18.2 Å². The lowest BCUT2D eigenvalue weighted by molar-refractivity contribution is -0.153. The van der Waals surface area contributed by atoms with Gasteiger partial charge in [0.1, 0.15) is 5.60 Å². The summed E-state index contributed by atoms with van der Waals surface area (Å²) in [5, 5.41) is 21.1. The van der Waals surface area contributed by atoms with Gasteiger partial charge >= 0.3 is 5.97 Å². The predicted molar refractivity (Wildman–Crippen MR) is 108 cm³/mol. The summed E-state index contributed by atoms with van der Waals surface area (Å²) in [5.41, 5.74) is 2.58. The highest BCUT2D eigenvalue weighted by Gasteiger charge is 2.17. The number of esters is 1. The minimum absolute atomic E-state index is 0.0816. The van der Waals surface area contributed by atoms with Crippen LogP contribution in [0.1, 0.15) is 31.9 Å². The van der Waals surface area contributed by atoms with Crippen LogP contribution in [-0.4, -0.2) is 21.7 Å². The quantitative estimate of drug-likeness (QED) is 0.688. The van der Waals surface area contributed by atoms with Gasteiger partial charge < -0.3 is 14.8 Å². The molecule has 28 heavy (non-hydrogen) atoms. The predicted octanol–water partition coefficient (Wildman–Crippen LogP) is 3.42. The summed E-state index contributed by atoms with van der Waals surface area (Å²) >= 11 is 0. The van der Waals surface area contributed by atoms with Crippen molar-refractivity contribution in [3.8, 4) is 5.88 Å². The molecule has 0 saturated heterocycles. The minimum atomic E-state index is -0.519. The summed E-state index contributed by atoms with van der Waals surface area (Å²) < 4.78 is 5.40. The van der Waals surface area contributed by atoms with Crippen LogP contribution < -0.4 is 10.4 Å². The molecule has 6 nitrogen and oxygen atoms in total. The molecular weight excluding hydrogens is 354 g/mol. The van der Waals surface area contributed by atoms with E-state index in [1.807, 2.05) is 63.2 Å². The van der Waals surface area contributed by atoms with Gasteiger partial charge in [0.05, 0.1) is 18.3 Å². The van der Waals surface area contributed by atoms with E-state index in [9.17, 15) is 9.90 Å². The van der Waals surface area contributed by atoms with Crippen LogP contribution in [0.4, 0.5) is 5.69 Å². The number of nitrogens with one attached hydrogen (secondary N) is 1. The molecule has 6 heteroatoms. The number of aromatic amines is 1. The van der Waals surface area contributed by atoms with E-state index in [1.165, 1.54) is 0 Å². The zero-order valence-corrected chi connectivity index (χ0v) is 16.0. The maximum Gasteiger partial charge on any atom is 0.310 e. The van der Waals surface area contributed by atoms with E-state index in [-0.39, 0.29) is 18.3 Å². The zero-order chi connectivity index (χ0) is 19.9. The molecule has 3 aromatic rings. The molecule has 0 amide bonds. The van der Waals surface area contributed by atoms with Gasteiger partial charge in [0.15, 0.2) is 5.88 Å². The highest BCUT2D eigenvalue weighted by Crippen LogP contribution is 2.29. The third kappa shape index (κ3) is 3.67. The zero-order valence-electron chi connectivity index (χ0n) is 16.0. The van der Waals surface area contributed by atoms with E-state index < -0.39 is 5.60 Å². The molecule has 1 aromatic heterocycles. The second-order valence-corrected chi connectivity index (χ2v) is 7.84. The van der Waals surface area contributed by atoms with Gasteiger partial charge in [0, 0.05) is 21.7 Å². The van der Waals surface area contributed by atoms with E-state index in [4.69, 9.17) is 4.74 Å². The standard InChI is InChI=1S/C22H21N3O3/c1-22(2,3)28-20(26)11-14-5-7-18-16(8-14)17(21(27)24-18)9-13-4-6-15-12-23-25-19(15)10-13/h4-10,12,24,27H,11H2,1-3H3/b13-9+. The summed E-state index contributed by atoms with van der Waals surface area (Å²) in [6.07, 6.45) is 3.78. The minimum Gasteiger partial charge on any atom is -0.494 e. The van der Waals surface area contributed by atoms with Crippen LogP contribution >= 0.6 is 0 Å². The number of carbonyl (C=O) groups is 1. The molecule has 0 unspecified atom stereocenters. The maximum absolute atomic E-state index is 12.1. The van der Waals surface area contributed by atoms with Gasteiger partial charge in [-0.05, 0) is 55.8 Å². The number of carbonyl (C=O) groups excluding carboxylic acids is 1. The Hall–Kier alpha value is -3.41. The number of hydrogen-bond donors (Lipinski definition) is 2. The summed E-state index contributed by atoms with van der Waals surface area (Å²) in [6, 6.07) is 11.4. The van der Waals surface area contributed by atoms with Crippen LogP contribution in [0.25, 0.3) is 23.2 Å². The normalized spacial score (nSPS) is 13.6. The molecule has 0 spiro atoms. The second kappa shape index (κ2) is 6.64. The number of rotatable bonds is 3. The number of azo groups is 1. The van der Waals surface area contributed by atoms with Gasteiger partial charge in [-0.15, -0.1) is 0 Å². The number of H-pyrrole nitrogens is 1. The number of aromatic hydroxyl groups is 1. The summed E-state index contributed by atoms with van der Waals surface area (Å²) in [4.78, 5) is 15.1. The average Bonchev–Trinajstić information content (AvgIpc) is 3.18. The molecule has 2 N–H and O–H groups in total. The average molecular weight is 375 g/mol. The largest absolute Gasteiger partial charge is 0.494 e. The first kappa shape index (κ1) is 18.0. The van der Waals surface area contributed by atoms with Crippen LogP contribution in [-0.2, 0) is 16.0 Å². The molecule has 2 heterocycles. The third-order valence-corrected chi connectivity index (χ3v) is 4.38. The van der Waals surface area contributed by atoms with Crippen LogP contribution in [0.15, 0.2) is 46.6 Å². The van der Waals surface area contributed by atoms with E-state index in [2.05, 4.69) is 15.2 Å². The van der Waals surface area contributed by atoms with Crippen molar-refractivity contribution in [1.29, 1.82) is 0 Å². The Morgan fingerprint density at radius 3 is 2.82 bits per heavy atom. The van der Waals surface area contributed by atoms with Crippen molar-refractivity contribution in [2.75, 3.05) is 0 Å². The maximum atomic E-state index is 12.1. The molecule has 0 aliphatic carbocycles. The number of ether oxygens (including phenoxy) is 1. The van der Waals surface area contributed by atoms with Crippen LogP contribution in [0.2, 0.25) is 0 Å². The van der Waals surface area contributed by atoms with Crippen molar-refractivity contribution in [3.63, 3.8) is 0 Å². The fourth-order valence-corrected chi connectivity index (χ4v) is 3.21. The lowest BCUT2D eigenvalue weighted by Crippen LogP contribution is -2.24. The highest BCUT2D eigenvalue weighted by molar-refractivity contribution is 5.92. The number of benzene rings is 2. The Kier molecular flexibility index (Phi) is 4.26. The monoisotopic (exact) mass is 375 g/mol. The first-order valence-electron chi connectivity index (χ1n) is 9.07. The van der Waals surface area contributed by atoms with Crippen LogP contribution in [0, 0.1) is 0 Å². The smallest absolute Gasteiger partial charge is 0.310 e. The molecule has 0 saturated carbocycles. The summed E-state index contributed by atoms with van der Waals surface area (Å²) in [6.45, 7) is 5.54. The number of hydrogen-bond acceptors (Lipinski definition) is 5. The third-order valence-electron chi connectivity index (χ3n) is 4.38. The molecule has 142 valence electrons. The van der Waals surface area contributed by atoms with E-state index in [1.54, 1.807) is 6.20 Å². The molecule has 0 radical (unpaired) electrons. The first-order chi connectivity index (χ1) is 13.3. The fourth-order valence-electron chi connectivity index (χ4n) is 3.21. The number of nitrogens with zero attached hydrogens (tertiary/aromatic N) is 2. The van der Waals surface area contributed by atoms with Crippen molar-refractivity contribution in [2.24, 2.45) is 10.2 Å². The lowest BCUT2D eigenvalue weighted by atomic mass is 10.1. The van der Waals surface area contributed by atoms with Crippen molar-refractivity contribution in [3.05, 3.63) is 58.0 Å². The Morgan fingerprint density at radius 2 is 2.04 bits per heavy atom. The molecule has 0 bridgehead atoms. The van der Waals surface area contributed by atoms with Crippen LogP contribution in [0.3, 0.4) is 0 Å². The number of fused-ring (bicyclic) bond motifs is 2. The van der Waals surface area contributed by atoms with Crippen molar-refractivity contribution in [1.82, 2.24) is 4.98 Å². The summed E-state index contributed by atoms with van der Waals surface area (Å²) in [7, 11) is 0. The second-order valence-electron chi connectivity index (χ2n) is 7.84. The van der Waals surface area contributed by atoms with Crippen LogP contribution in [0.5, 0.6) is 5.88 Å². The van der Waals surface area contributed by atoms with Crippen molar-refractivity contribution >= 4 is 34.8 Å². The van der Waals surface area contributed by atoms with E-state index in [0.717, 1.165) is 32.6 Å². The SMILES string of the molecule is CC(C)(C)OC(=O)Cc1ccc2[nH]c(O)c(/C=c3\ccc4c(c3)N=NC=4)c2c1. The number of aromatic nitrogens is 1. The van der Waals surface area contributed by atoms with E-state index in [0.29, 0.717) is 5.56 Å². The molecule has 1 aliphatic heterocycles. The Morgan fingerprint density at radius 1 is 1.21 bits per heavy atom. The van der Waals surface area contributed by atoms with Gasteiger partial charge in [0.2, 0.25) is 0 Å². The van der Waals surface area contributed by atoms with Gasteiger partial charge in [-0.3, -0.25) is 4.79 Å². The molecule has 0 fully saturated rings. The molecule has 0 atom stereocenters. The Balaban J connectivity index is 1.72. The Labute approximate surface area is 161 Å². The van der Waals surface area contributed by atoms with Gasteiger partial charge in [-0.25, -0.2) is 0 Å². The molecular formula is C22H21N3O3. The van der Waals surface area contributed by atoms with E-state index >= 15 is 0 Å². The summed E-state index contributed by atoms with van der Waals surface area (Å²) in [5.74, 6) is -0.199. The lowest BCUT2D eigenvalue weighted by Gasteiger charge is -2.19. The highest BCUT2D eigenvalue weighted by atomic mass is 16.6. The molecule has 1 aliphatic rings. The molecule has 2 aromatic carbocycles. The molecule has 4 rings (SSSR count). The van der Waals surface area contributed by atoms with Gasteiger partial charge in [0.25, 0.3) is 0 Å². The Bertz CT molecular complexity index is 1230.